The van der Waals surface area contributed by atoms with Gasteiger partial charge in [0.25, 0.3) is 17.2 Å². The van der Waals surface area contributed by atoms with E-state index < -0.39 is 0 Å². The highest BCUT2D eigenvalue weighted by molar-refractivity contribution is 6.31. The van der Waals surface area contributed by atoms with Gasteiger partial charge in [0.05, 0.1) is 18.8 Å². The molecule has 1 amide bonds. The van der Waals surface area contributed by atoms with E-state index in [1.54, 1.807) is 43.3 Å². The van der Waals surface area contributed by atoms with Crippen molar-refractivity contribution in [2.75, 3.05) is 11.5 Å². The van der Waals surface area contributed by atoms with Crippen molar-refractivity contribution in [1.29, 1.82) is 0 Å². The zero-order valence-electron chi connectivity index (χ0n) is 17.0. The lowest BCUT2D eigenvalue weighted by Gasteiger charge is -2.24. The molecule has 9 heteroatoms. The molecule has 0 aliphatic heterocycles. The molecule has 1 N–H and O–H groups in total. The Morgan fingerprint density at radius 2 is 1.97 bits per heavy atom. The fourth-order valence-corrected chi connectivity index (χ4v) is 3.45. The van der Waals surface area contributed by atoms with Gasteiger partial charge in [0, 0.05) is 22.3 Å². The number of para-hydroxylation sites is 2. The smallest absolute Gasteiger partial charge is 0.274 e. The van der Waals surface area contributed by atoms with Gasteiger partial charge in [-0.25, -0.2) is 4.98 Å². The third-order valence-electron chi connectivity index (χ3n) is 4.59. The molecule has 0 aliphatic rings. The third-order valence-corrected chi connectivity index (χ3v) is 4.82. The first kappa shape index (κ1) is 20.6. The number of amides is 1. The molecule has 0 saturated carbocycles. The third kappa shape index (κ3) is 4.29. The largest absolute Gasteiger partial charge is 0.492 e. The fourth-order valence-electron chi connectivity index (χ4n) is 3.26. The summed E-state index contributed by atoms with van der Waals surface area (Å²) >= 11 is 6.11. The molecule has 0 fully saturated rings. The van der Waals surface area contributed by atoms with Gasteiger partial charge in [-0.2, -0.15) is 9.50 Å². The number of aryl methyl sites for hydroxylation is 1. The number of nitrogens with zero attached hydrogens (tertiary/aromatic N) is 4. The molecule has 4 rings (SSSR count). The number of aromatic amines is 1. The topological polar surface area (TPSA) is 92.6 Å². The van der Waals surface area contributed by atoms with Crippen LogP contribution in [0.15, 0.2) is 59.4 Å². The summed E-state index contributed by atoms with van der Waals surface area (Å²) < 4.78 is 6.99. The van der Waals surface area contributed by atoms with Gasteiger partial charge in [0.15, 0.2) is 0 Å². The van der Waals surface area contributed by atoms with Crippen LogP contribution in [0.4, 0.5) is 5.69 Å². The van der Waals surface area contributed by atoms with Gasteiger partial charge >= 0.3 is 0 Å². The van der Waals surface area contributed by atoms with Crippen molar-refractivity contribution in [1.82, 2.24) is 19.6 Å². The Morgan fingerprint density at radius 1 is 1.16 bits per heavy atom. The van der Waals surface area contributed by atoms with Crippen molar-refractivity contribution >= 4 is 29.0 Å². The van der Waals surface area contributed by atoms with E-state index in [1.165, 1.54) is 15.5 Å². The predicted octanol–water partition coefficient (Wildman–Crippen LogP) is 3.63. The highest BCUT2D eigenvalue weighted by Crippen LogP contribution is 2.30. The molecule has 0 radical (unpaired) electrons. The molecule has 2 heterocycles. The van der Waals surface area contributed by atoms with Crippen molar-refractivity contribution in [3.63, 3.8) is 0 Å². The fraction of sp³-hybridized carbons (Fsp3) is 0.182. The molecular weight excluding hydrogens is 418 g/mol. The normalized spacial score (nSPS) is 10.9. The molecule has 0 bridgehead atoms. The van der Waals surface area contributed by atoms with Gasteiger partial charge in [-0.1, -0.05) is 29.8 Å². The van der Waals surface area contributed by atoms with Crippen molar-refractivity contribution in [2.24, 2.45) is 0 Å². The average molecular weight is 438 g/mol. The number of H-pyrrole nitrogens is 1. The second-order valence-electron chi connectivity index (χ2n) is 6.84. The Balaban J connectivity index is 1.80. The molecule has 4 aromatic rings. The number of fused-ring (bicyclic) bond motifs is 1. The molecule has 2 aromatic heterocycles. The van der Waals surface area contributed by atoms with Crippen molar-refractivity contribution in [2.45, 2.75) is 20.4 Å². The van der Waals surface area contributed by atoms with E-state index in [2.05, 4.69) is 15.1 Å². The maximum Gasteiger partial charge on any atom is 0.274 e. The lowest BCUT2D eigenvalue weighted by molar-refractivity contribution is 0.0983. The number of anilines is 1. The summed E-state index contributed by atoms with van der Waals surface area (Å²) in [5.74, 6) is 0.916. The molecule has 2 aromatic carbocycles. The first-order valence-electron chi connectivity index (χ1n) is 9.71. The lowest BCUT2D eigenvalue weighted by atomic mass is 10.1. The second-order valence-corrected chi connectivity index (χ2v) is 7.28. The monoisotopic (exact) mass is 437 g/mol. The summed E-state index contributed by atoms with van der Waals surface area (Å²) in [5.41, 5.74) is 1.28. The number of carbonyl (C=O) groups excluding carboxylic acids is 1. The number of halogens is 1. The molecule has 31 heavy (non-hydrogen) atoms. The Labute approximate surface area is 183 Å². The van der Waals surface area contributed by atoms with E-state index in [4.69, 9.17) is 16.3 Å². The van der Waals surface area contributed by atoms with Crippen LogP contribution in [0.2, 0.25) is 5.02 Å². The van der Waals surface area contributed by atoms with E-state index in [1.807, 2.05) is 19.1 Å². The first-order chi connectivity index (χ1) is 15.0. The summed E-state index contributed by atoms with van der Waals surface area (Å²) in [6.45, 7) is 4.11. The van der Waals surface area contributed by atoms with Crippen molar-refractivity contribution < 1.29 is 9.53 Å². The van der Waals surface area contributed by atoms with Crippen LogP contribution in [0.1, 0.15) is 28.8 Å². The number of rotatable bonds is 6. The van der Waals surface area contributed by atoms with Crippen LogP contribution >= 0.6 is 11.6 Å². The van der Waals surface area contributed by atoms with Crippen LogP contribution < -0.4 is 15.2 Å². The minimum Gasteiger partial charge on any atom is -0.492 e. The molecule has 0 atom stereocenters. The number of ether oxygens (including phenoxy) is 1. The van der Waals surface area contributed by atoms with Gasteiger partial charge in [0.1, 0.15) is 11.6 Å². The van der Waals surface area contributed by atoms with Crippen molar-refractivity contribution in [3.05, 3.63) is 87.1 Å². The van der Waals surface area contributed by atoms with Gasteiger partial charge < -0.3 is 4.74 Å². The zero-order valence-corrected chi connectivity index (χ0v) is 17.8. The highest BCUT2D eigenvalue weighted by atomic mass is 35.5. The molecular formula is C22H20ClN5O3. The summed E-state index contributed by atoms with van der Waals surface area (Å²) in [6, 6.07) is 15.4. The molecule has 0 spiro atoms. The number of hydrogen-bond acceptors (Lipinski definition) is 5. The zero-order chi connectivity index (χ0) is 22.0. The minimum atomic E-state index is -0.286. The van der Waals surface area contributed by atoms with Crippen LogP contribution in [-0.2, 0) is 6.54 Å². The summed E-state index contributed by atoms with van der Waals surface area (Å²) in [7, 11) is 0. The average Bonchev–Trinajstić information content (AvgIpc) is 3.15. The minimum absolute atomic E-state index is 0.0667. The van der Waals surface area contributed by atoms with Gasteiger partial charge in [-0.3, -0.25) is 19.6 Å². The molecule has 0 aliphatic carbocycles. The van der Waals surface area contributed by atoms with Crippen LogP contribution in [0.5, 0.6) is 5.75 Å². The Hall–Kier alpha value is -3.65. The van der Waals surface area contributed by atoms with Crippen LogP contribution in [0.3, 0.4) is 0 Å². The molecule has 158 valence electrons. The van der Waals surface area contributed by atoms with Crippen LogP contribution in [-0.4, -0.2) is 32.1 Å². The number of nitrogens with one attached hydrogen (secondary N) is 1. The number of hydrogen-bond donors (Lipinski definition) is 1. The van der Waals surface area contributed by atoms with Gasteiger partial charge in [-0.05, 0) is 44.2 Å². The maximum atomic E-state index is 13.5. The number of carbonyl (C=O) groups is 1. The Morgan fingerprint density at radius 3 is 2.74 bits per heavy atom. The SMILES string of the molecule is CCOc1ccccc1N(Cc1nc2nc(C)cc(=O)n2[nH]1)C(=O)c1cccc(Cl)c1. The number of aromatic nitrogens is 4. The lowest BCUT2D eigenvalue weighted by Crippen LogP contribution is -2.31. The molecule has 0 unspecified atom stereocenters. The maximum absolute atomic E-state index is 13.5. The summed E-state index contributed by atoms with van der Waals surface area (Å²) in [6.07, 6.45) is 0. The van der Waals surface area contributed by atoms with Crippen LogP contribution in [0, 0.1) is 6.92 Å². The summed E-state index contributed by atoms with van der Waals surface area (Å²) in [4.78, 5) is 35.9. The van der Waals surface area contributed by atoms with Crippen LogP contribution in [0.25, 0.3) is 5.78 Å². The van der Waals surface area contributed by atoms with E-state index >= 15 is 0 Å². The Kier molecular flexibility index (Phi) is 5.73. The molecule has 0 saturated heterocycles. The molecule has 8 nitrogen and oxygen atoms in total. The van der Waals surface area contributed by atoms with E-state index in [0.29, 0.717) is 40.1 Å². The highest BCUT2D eigenvalue weighted by Gasteiger charge is 2.23. The Bertz CT molecular complexity index is 1310. The van der Waals surface area contributed by atoms with E-state index in [-0.39, 0.29) is 23.8 Å². The van der Waals surface area contributed by atoms with Gasteiger partial charge in [-0.15, -0.1) is 0 Å². The van der Waals surface area contributed by atoms with E-state index in [9.17, 15) is 9.59 Å². The van der Waals surface area contributed by atoms with Gasteiger partial charge in [0.2, 0.25) is 0 Å². The standard InChI is InChI=1S/C22H20ClN5O3/c1-3-31-18-10-5-4-9-17(18)27(21(30)15-7-6-8-16(23)12-15)13-19-25-22-24-14(2)11-20(29)28(22)26-19/h4-12H,3,13H2,1-2H3,(H,24,25,26). The summed E-state index contributed by atoms with van der Waals surface area (Å²) in [5, 5.41) is 3.39. The second kappa shape index (κ2) is 8.61. The van der Waals surface area contributed by atoms with Crippen molar-refractivity contribution in [3.8, 4) is 5.75 Å². The first-order valence-corrected chi connectivity index (χ1v) is 10.1. The predicted molar refractivity (Wildman–Crippen MR) is 118 cm³/mol. The number of benzene rings is 2. The quantitative estimate of drug-likeness (QED) is 0.497. The van der Waals surface area contributed by atoms with E-state index in [0.717, 1.165) is 0 Å².